The molecular formula is C50H66. The summed E-state index contributed by atoms with van der Waals surface area (Å²) < 4.78 is 0. The van der Waals surface area contributed by atoms with Crippen molar-refractivity contribution in [1.29, 1.82) is 0 Å². The van der Waals surface area contributed by atoms with Crippen molar-refractivity contribution >= 4 is 21.5 Å². The van der Waals surface area contributed by atoms with Gasteiger partial charge in [0.1, 0.15) is 0 Å². The maximum Gasteiger partial charge on any atom is -0.0126 e. The normalized spacial score (nSPS) is 11.4. The first kappa shape index (κ1) is 42.0. The smallest absolute Gasteiger partial charge is 0.0126 e. The van der Waals surface area contributed by atoms with Crippen LogP contribution in [-0.2, 0) is 21.7 Å². The van der Waals surface area contributed by atoms with E-state index < -0.39 is 0 Å². The lowest BCUT2D eigenvalue weighted by atomic mass is 9.84. The number of benzene rings is 6. The minimum absolute atomic E-state index is 0.223. The summed E-state index contributed by atoms with van der Waals surface area (Å²) in [6, 6.07) is 51.4. The monoisotopic (exact) mass is 667 g/mol. The van der Waals surface area contributed by atoms with Gasteiger partial charge in [0.25, 0.3) is 0 Å². The molecule has 0 fully saturated rings. The molecule has 0 heterocycles. The highest BCUT2D eigenvalue weighted by Crippen LogP contribution is 2.30. The molecule has 6 aromatic carbocycles. The van der Waals surface area contributed by atoms with Crippen LogP contribution < -0.4 is 0 Å². The molecule has 0 aliphatic rings. The molecule has 0 N–H and O–H groups in total. The van der Waals surface area contributed by atoms with Gasteiger partial charge < -0.3 is 0 Å². The van der Waals surface area contributed by atoms with E-state index >= 15 is 0 Å². The van der Waals surface area contributed by atoms with Gasteiger partial charge in [-0.05, 0) is 65.5 Å². The standard InChI is InChI=1S/2C14H16.2C10H14.C2H6/c1-14(2,3)13-10-6-8-11-7-4-5-9-12(11)13;1-14(2,3)13-9-8-11-6-4-5-7-12(11)10-13;2*1-10(2,3)9-7-5-4-6-8-9;1-2/h2*4-10H,1-3H3;2*4-8H,1-3H3;1-2H3. The maximum atomic E-state index is 2.29. The van der Waals surface area contributed by atoms with Crippen molar-refractivity contribution in [2.75, 3.05) is 0 Å². The van der Waals surface area contributed by atoms with Crippen LogP contribution in [0.15, 0.2) is 146 Å². The molecule has 0 saturated carbocycles. The molecule has 0 heteroatoms. The number of rotatable bonds is 0. The van der Waals surface area contributed by atoms with Crippen molar-refractivity contribution in [3.63, 3.8) is 0 Å². The number of hydrogen-bond donors (Lipinski definition) is 0. The van der Waals surface area contributed by atoms with Crippen molar-refractivity contribution in [2.45, 2.75) is 119 Å². The lowest BCUT2D eigenvalue weighted by Gasteiger charge is -2.21. The van der Waals surface area contributed by atoms with Crippen molar-refractivity contribution in [3.8, 4) is 0 Å². The fourth-order valence-electron chi connectivity index (χ4n) is 5.41. The van der Waals surface area contributed by atoms with Crippen LogP contribution in [0.25, 0.3) is 21.5 Å². The van der Waals surface area contributed by atoms with Gasteiger partial charge in [-0.2, -0.15) is 0 Å². The fraction of sp³-hybridized carbons (Fsp3) is 0.360. The van der Waals surface area contributed by atoms with E-state index in [0.717, 1.165) is 0 Å². The highest BCUT2D eigenvalue weighted by atomic mass is 14.2. The van der Waals surface area contributed by atoms with E-state index in [9.17, 15) is 0 Å². The SMILES string of the molecule is CC.CC(C)(C)c1ccc2ccccc2c1.CC(C)(C)c1cccc2ccccc12.CC(C)(C)c1ccccc1.CC(C)(C)c1ccccc1. The lowest BCUT2D eigenvalue weighted by molar-refractivity contribution is 0.590. The van der Waals surface area contributed by atoms with Gasteiger partial charge in [0.15, 0.2) is 0 Å². The van der Waals surface area contributed by atoms with Crippen LogP contribution in [-0.4, -0.2) is 0 Å². The van der Waals surface area contributed by atoms with Crippen molar-refractivity contribution in [3.05, 3.63) is 168 Å². The number of fused-ring (bicyclic) bond motifs is 2. The van der Waals surface area contributed by atoms with Crippen LogP contribution in [0.4, 0.5) is 0 Å². The molecule has 0 bridgehead atoms. The van der Waals surface area contributed by atoms with E-state index in [1.807, 2.05) is 13.8 Å². The van der Waals surface area contributed by atoms with Crippen molar-refractivity contribution in [1.82, 2.24) is 0 Å². The summed E-state index contributed by atoms with van der Waals surface area (Å²) in [5, 5.41) is 5.36. The van der Waals surface area contributed by atoms with E-state index in [0.29, 0.717) is 10.8 Å². The van der Waals surface area contributed by atoms with Crippen LogP contribution >= 0.6 is 0 Å². The van der Waals surface area contributed by atoms with Crippen LogP contribution in [0.2, 0.25) is 0 Å². The van der Waals surface area contributed by atoms with Crippen molar-refractivity contribution in [2.24, 2.45) is 0 Å². The zero-order valence-corrected chi connectivity index (χ0v) is 33.9. The zero-order valence-electron chi connectivity index (χ0n) is 33.9. The van der Waals surface area contributed by atoms with E-state index in [-0.39, 0.29) is 10.8 Å². The second kappa shape index (κ2) is 18.7. The molecule has 6 aromatic rings. The summed E-state index contributed by atoms with van der Waals surface area (Å²) in [4.78, 5) is 0. The van der Waals surface area contributed by atoms with Gasteiger partial charge in [-0.15, -0.1) is 0 Å². The van der Waals surface area contributed by atoms with Gasteiger partial charge in [0.2, 0.25) is 0 Å². The Bertz CT molecular complexity index is 1750. The summed E-state index contributed by atoms with van der Waals surface area (Å²) in [5.74, 6) is 0. The van der Waals surface area contributed by atoms with Crippen LogP contribution in [0, 0.1) is 0 Å². The van der Waals surface area contributed by atoms with E-state index in [1.54, 1.807) is 0 Å². The highest BCUT2D eigenvalue weighted by Gasteiger charge is 2.16. The van der Waals surface area contributed by atoms with E-state index in [2.05, 4.69) is 229 Å². The summed E-state index contributed by atoms with van der Waals surface area (Å²) in [6.45, 7) is 30.9. The highest BCUT2D eigenvalue weighted by molar-refractivity contribution is 5.86. The van der Waals surface area contributed by atoms with Crippen LogP contribution in [0.3, 0.4) is 0 Å². The van der Waals surface area contributed by atoms with Gasteiger partial charge >= 0.3 is 0 Å². The largest absolute Gasteiger partial charge is 0.0683 e. The topological polar surface area (TPSA) is 0 Å². The molecule has 0 radical (unpaired) electrons. The first-order valence-corrected chi connectivity index (χ1v) is 18.5. The molecule has 0 aromatic heterocycles. The van der Waals surface area contributed by atoms with E-state index in [4.69, 9.17) is 0 Å². The average molecular weight is 667 g/mol. The van der Waals surface area contributed by atoms with Gasteiger partial charge in [-0.25, -0.2) is 0 Å². The van der Waals surface area contributed by atoms with Crippen molar-refractivity contribution < 1.29 is 0 Å². The second-order valence-corrected chi connectivity index (χ2v) is 16.8. The summed E-state index contributed by atoms with van der Waals surface area (Å²) in [5.41, 5.74) is 6.67. The fourth-order valence-corrected chi connectivity index (χ4v) is 5.41. The molecule has 0 aliphatic heterocycles. The summed E-state index contributed by atoms with van der Waals surface area (Å²) in [7, 11) is 0. The lowest BCUT2D eigenvalue weighted by Crippen LogP contribution is -2.11. The average Bonchev–Trinajstić information content (AvgIpc) is 3.09. The van der Waals surface area contributed by atoms with Crippen LogP contribution in [0.1, 0.15) is 119 Å². The molecule has 0 aliphatic carbocycles. The Balaban J connectivity index is 0.000000230. The van der Waals surface area contributed by atoms with Gasteiger partial charge in [-0.1, -0.05) is 243 Å². The quantitative estimate of drug-likeness (QED) is 0.151. The Morgan fingerprint density at radius 3 is 1.08 bits per heavy atom. The second-order valence-electron chi connectivity index (χ2n) is 16.8. The molecule has 0 amide bonds. The van der Waals surface area contributed by atoms with Gasteiger partial charge in [0.05, 0.1) is 0 Å². The first-order valence-electron chi connectivity index (χ1n) is 18.5. The number of hydrogen-bond acceptors (Lipinski definition) is 0. The molecule has 50 heavy (non-hydrogen) atoms. The third kappa shape index (κ3) is 13.6. The molecule has 266 valence electrons. The van der Waals surface area contributed by atoms with Gasteiger partial charge in [0, 0.05) is 0 Å². The van der Waals surface area contributed by atoms with Crippen LogP contribution in [0.5, 0.6) is 0 Å². The Morgan fingerprint density at radius 2 is 0.660 bits per heavy atom. The third-order valence-electron chi connectivity index (χ3n) is 8.49. The summed E-state index contributed by atoms with van der Waals surface area (Å²) >= 11 is 0. The Kier molecular flexibility index (Phi) is 15.7. The molecule has 0 unspecified atom stereocenters. The zero-order chi connectivity index (χ0) is 37.6. The first-order chi connectivity index (χ1) is 23.4. The molecule has 6 rings (SSSR count). The minimum Gasteiger partial charge on any atom is -0.0683 e. The Hall–Kier alpha value is -4.16. The molecular weight excluding hydrogens is 601 g/mol. The molecule has 0 saturated heterocycles. The molecule has 0 nitrogen and oxygen atoms in total. The van der Waals surface area contributed by atoms with E-state index in [1.165, 1.54) is 43.8 Å². The Labute approximate surface area is 307 Å². The maximum absolute atomic E-state index is 2.29. The molecule has 0 spiro atoms. The third-order valence-corrected chi connectivity index (χ3v) is 8.49. The minimum atomic E-state index is 0.223. The predicted molar refractivity (Wildman–Crippen MR) is 227 cm³/mol. The molecule has 0 atom stereocenters. The Morgan fingerprint density at radius 1 is 0.280 bits per heavy atom. The van der Waals surface area contributed by atoms with Gasteiger partial charge in [-0.3, -0.25) is 0 Å². The predicted octanol–water partition coefficient (Wildman–Crippen LogP) is 15.3. The summed E-state index contributed by atoms with van der Waals surface area (Å²) in [6.07, 6.45) is 0.